The number of nitrogens with zero attached hydrogens (tertiary/aromatic N) is 2. The third-order valence-corrected chi connectivity index (χ3v) is 6.22. The van der Waals surface area contributed by atoms with Crippen molar-refractivity contribution in [1.82, 2.24) is 20.5 Å². The van der Waals surface area contributed by atoms with Crippen LogP contribution in [0, 0.1) is 16.7 Å². The van der Waals surface area contributed by atoms with Crippen LogP contribution in [0.15, 0.2) is 0 Å². The zero-order valence-electron chi connectivity index (χ0n) is 13.1. The minimum atomic E-state index is -0.120. The lowest BCUT2D eigenvalue weighted by Crippen LogP contribution is -2.52. The molecule has 0 spiro atoms. The van der Waals surface area contributed by atoms with Crippen molar-refractivity contribution in [2.45, 2.75) is 64.8 Å². The van der Waals surface area contributed by atoms with Crippen LogP contribution in [0.25, 0.3) is 0 Å². The molecule has 0 aromatic carbocycles. The van der Waals surface area contributed by atoms with Crippen molar-refractivity contribution in [2.24, 2.45) is 16.7 Å². The molecule has 2 N–H and O–H groups in total. The van der Waals surface area contributed by atoms with Gasteiger partial charge >= 0.3 is 0 Å². The number of carbonyl (C=O) groups is 1. The summed E-state index contributed by atoms with van der Waals surface area (Å²) in [5, 5.41) is 10.3. The molecule has 5 nitrogen and oxygen atoms in total. The van der Waals surface area contributed by atoms with Crippen LogP contribution in [-0.4, -0.2) is 27.1 Å². The Labute approximate surface area is 125 Å². The van der Waals surface area contributed by atoms with Gasteiger partial charge in [-0.1, -0.05) is 20.8 Å². The molecule has 3 fully saturated rings. The summed E-state index contributed by atoms with van der Waals surface area (Å²) in [5.41, 5.74) is 0.401. The minimum absolute atomic E-state index is 0.120. The van der Waals surface area contributed by atoms with E-state index >= 15 is 0 Å². The highest BCUT2D eigenvalue weighted by Crippen LogP contribution is 2.62. The average molecular weight is 288 g/mol. The van der Waals surface area contributed by atoms with E-state index < -0.39 is 0 Å². The van der Waals surface area contributed by atoms with Crippen LogP contribution >= 0.6 is 0 Å². The van der Waals surface area contributed by atoms with Crippen LogP contribution in [-0.2, 0) is 0 Å². The maximum absolute atomic E-state index is 12.5. The zero-order valence-corrected chi connectivity index (χ0v) is 13.1. The quantitative estimate of drug-likeness (QED) is 0.898. The van der Waals surface area contributed by atoms with Gasteiger partial charge in [0.15, 0.2) is 0 Å². The lowest BCUT2D eigenvalue weighted by molar-refractivity contribution is 0.0728. The predicted molar refractivity (Wildman–Crippen MR) is 78.8 cm³/mol. The van der Waals surface area contributed by atoms with Crippen molar-refractivity contribution in [2.75, 3.05) is 0 Å². The van der Waals surface area contributed by atoms with Gasteiger partial charge in [0, 0.05) is 12.0 Å². The van der Waals surface area contributed by atoms with Crippen molar-refractivity contribution >= 4 is 5.91 Å². The van der Waals surface area contributed by atoms with Gasteiger partial charge in [0.05, 0.1) is 0 Å². The molecule has 3 aliphatic rings. The molecule has 3 atom stereocenters. The van der Waals surface area contributed by atoms with Gasteiger partial charge < -0.3 is 5.32 Å². The van der Waals surface area contributed by atoms with Crippen molar-refractivity contribution in [3.05, 3.63) is 11.6 Å². The van der Waals surface area contributed by atoms with Gasteiger partial charge in [-0.3, -0.25) is 9.89 Å². The average Bonchev–Trinajstić information content (AvgIpc) is 2.95. The summed E-state index contributed by atoms with van der Waals surface area (Å²) < 4.78 is 0. The molecule has 0 aliphatic heterocycles. The van der Waals surface area contributed by atoms with Crippen molar-refractivity contribution in [1.29, 1.82) is 0 Å². The Balaban J connectivity index is 1.53. The number of hydrogen-bond donors (Lipinski definition) is 2. The van der Waals surface area contributed by atoms with Gasteiger partial charge in [-0.15, -0.1) is 5.10 Å². The first-order chi connectivity index (χ1) is 9.90. The Kier molecular flexibility index (Phi) is 2.58. The number of aromatic amines is 1. The van der Waals surface area contributed by atoms with Gasteiger partial charge in [-0.25, -0.2) is 4.98 Å². The van der Waals surface area contributed by atoms with Crippen molar-refractivity contribution in [3.63, 3.8) is 0 Å². The molecule has 3 saturated carbocycles. The summed E-state index contributed by atoms with van der Waals surface area (Å²) in [4.78, 5) is 16.9. The Morgan fingerprint density at radius 3 is 2.67 bits per heavy atom. The second kappa shape index (κ2) is 4.08. The molecule has 4 rings (SSSR count). The molecule has 1 amide bonds. The van der Waals surface area contributed by atoms with Gasteiger partial charge in [0.2, 0.25) is 5.82 Å². The molecule has 21 heavy (non-hydrogen) atoms. The zero-order chi connectivity index (χ0) is 14.8. The van der Waals surface area contributed by atoms with E-state index in [-0.39, 0.29) is 22.8 Å². The topological polar surface area (TPSA) is 70.7 Å². The molecule has 0 saturated heterocycles. The van der Waals surface area contributed by atoms with Crippen LogP contribution in [0.1, 0.15) is 75.2 Å². The fourth-order valence-corrected chi connectivity index (χ4v) is 4.77. The fourth-order valence-electron chi connectivity index (χ4n) is 4.77. The van der Waals surface area contributed by atoms with Crippen LogP contribution in [0.4, 0.5) is 0 Å². The summed E-state index contributed by atoms with van der Waals surface area (Å²) in [5.74, 6) is 2.28. The molecule has 114 valence electrons. The lowest BCUT2D eigenvalue weighted by Gasteiger charge is -2.42. The van der Waals surface area contributed by atoms with Gasteiger partial charge in [-0.2, -0.15) is 0 Å². The van der Waals surface area contributed by atoms with Crippen molar-refractivity contribution in [3.8, 4) is 0 Å². The third kappa shape index (κ3) is 1.93. The van der Waals surface area contributed by atoms with Crippen LogP contribution in [0.2, 0.25) is 0 Å². The summed E-state index contributed by atoms with van der Waals surface area (Å²) >= 11 is 0. The molecule has 1 heterocycles. The van der Waals surface area contributed by atoms with Crippen LogP contribution in [0.3, 0.4) is 0 Å². The molecular weight excluding hydrogens is 264 g/mol. The van der Waals surface area contributed by atoms with Crippen LogP contribution < -0.4 is 5.32 Å². The second-order valence-electron chi connectivity index (χ2n) is 8.14. The molecule has 0 radical (unpaired) electrons. The van der Waals surface area contributed by atoms with E-state index in [0.717, 1.165) is 24.6 Å². The van der Waals surface area contributed by atoms with E-state index in [1.54, 1.807) is 0 Å². The summed E-state index contributed by atoms with van der Waals surface area (Å²) in [6.07, 6.45) is 6.05. The number of hydrogen-bond acceptors (Lipinski definition) is 3. The Hall–Kier alpha value is -1.39. The van der Waals surface area contributed by atoms with Gasteiger partial charge in [0.25, 0.3) is 5.91 Å². The predicted octanol–water partition coefficient (Wildman–Crippen LogP) is 2.63. The number of rotatable bonds is 3. The maximum Gasteiger partial charge on any atom is 0.291 e. The van der Waals surface area contributed by atoms with Gasteiger partial charge in [-0.05, 0) is 48.9 Å². The van der Waals surface area contributed by atoms with E-state index in [4.69, 9.17) is 0 Å². The normalized spacial score (nSPS) is 36.9. The number of nitrogens with one attached hydrogen (secondary N) is 2. The monoisotopic (exact) mass is 288 g/mol. The smallest absolute Gasteiger partial charge is 0.291 e. The molecule has 1 aromatic rings. The highest BCUT2D eigenvalue weighted by molar-refractivity contribution is 5.90. The molecular formula is C16H24N4O. The number of aromatic nitrogens is 3. The third-order valence-electron chi connectivity index (χ3n) is 6.22. The summed E-state index contributed by atoms with van der Waals surface area (Å²) in [6, 6.07) is 0.221. The maximum atomic E-state index is 12.5. The number of H-pyrrole nitrogens is 1. The highest BCUT2D eigenvalue weighted by atomic mass is 16.2. The van der Waals surface area contributed by atoms with E-state index in [0.29, 0.717) is 11.7 Å². The van der Waals surface area contributed by atoms with E-state index in [1.807, 2.05) is 0 Å². The minimum Gasteiger partial charge on any atom is -0.345 e. The Morgan fingerprint density at radius 1 is 1.29 bits per heavy atom. The number of amides is 1. The Bertz CT molecular complexity index is 584. The van der Waals surface area contributed by atoms with Gasteiger partial charge in [0.1, 0.15) is 5.82 Å². The highest BCUT2D eigenvalue weighted by Gasteiger charge is 2.59. The van der Waals surface area contributed by atoms with E-state index in [9.17, 15) is 4.79 Å². The first kappa shape index (κ1) is 13.3. The lowest BCUT2D eigenvalue weighted by atomic mass is 9.68. The molecule has 3 aliphatic carbocycles. The largest absolute Gasteiger partial charge is 0.345 e. The van der Waals surface area contributed by atoms with E-state index in [1.165, 1.54) is 19.3 Å². The first-order valence-corrected chi connectivity index (χ1v) is 8.13. The molecule has 5 heteroatoms. The van der Waals surface area contributed by atoms with E-state index in [2.05, 4.69) is 41.3 Å². The summed E-state index contributed by atoms with van der Waals surface area (Å²) in [6.45, 7) is 6.90. The first-order valence-electron chi connectivity index (χ1n) is 8.13. The number of carbonyl (C=O) groups excluding carboxylic acids is 1. The Morgan fingerprint density at radius 2 is 2.05 bits per heavy atom. The molecule has 2 bridgehead atoms. The van der Waals surface area contributed by atoms with Crippen LogP contribution in [0.5, 0.6) is 0 Å². The van der Waals surface area contributed by atoms with Crippen molar-refractivity contribution < 1.29 is 4.79 Å². The number of fused-ring (bicyclic) bond motifs is 2. The SMILES string of the molecule is CC12CCC(C1)C(C)(C)C2NC(=O)c1n[nH]c(C2CC2)n1. The standard InChI is InChI=1S/C16H24N4O/c1-15(2)10-6-7-16(3,8-10)14(15)18-13(21)12-17-11(19-20-12)9-4-5-9/h9-10,14H,4-8H2,1-3H3,(H,18,21)(H,17,19,20). The summed E-state index contributed by atoms with van der Waals surface area (Å²) in [7, 11) is 0. The second-order valence-corrected chi connectivity index (χ2v) is 8.14. The molecule has 3 unspecified atom stereocenters. The fraction of sp³-hybridized carbons (Fsp3) is 0.812. The molecule has 1 aromatic heterocycles.